The van der Waals surface area contributed by atoms with Gasteiger partial charge in [-0.25, -0.2) is 0 Å². The Hall–Kier alpha value is -1.18. The SMILES string of the molecule is CCCCCCCCCCCCc1cccc2ooc12. The van der Waals surface area contributed by atoms with E-state index in [4.69, 9.17) is 9.15 Å². The van der Waals surface area contributed by atoms with Crippen molar-refractivity contribution in [2.75, 3.05) is 0 Å². The molecular formula is C18H28O2. The molecule has 0 unspecified atom stereocenters. The molecule has 0 aliphatic carbocycles. The van der Waals surface area contributed by atoms with Crippen LogP contribution in [-0.2, 0) is 6.42 Å². The lowest BCUT2D eigenvalue weighted by Gasteiger charge is -2.05. The first-order valence-electron chi connectivity index (χ1n) is 8.38. The van der Waals surface area contributed by atoms with Gasteiger partial charge in [-0.1, -0.05) is 76.8 Å². The maximum absolute atomic E-state index is 5.05. The maximum atomic E-state index is 5.05. The number of para-hydroxylation sites is 1. The summed E-state index contributed by atoms with van der Waals surface area (Å²) in [6.07, 6.45) is 14.9. The van der Waals surface area contributed by atoms with Crippen molar-refractivity contribution in [3.05, 3.63) is 23.8 Å². The molecule has 2 nitrogen and oxygen atoms in total. The van der Waals surface area contributed by atoms with E-state index in [2.05, 4.69) is 13.0 Å². The Morgan fingerprint density at radius 1 is 0.750 bits per heavy atom. The van der Waals surface area contributed by atoms with Crippen LogP contribution in [0.25, 0.3) is 11.2 Å². The number of hydrogen-bond acceptors (Lipinski definition) is 2. The molecule has 2 rings (SSSR count). The van der Waals surface area contributed by atoms with Crippen LogP contribution in [0.4, 0.5) is 0 Å². The van der Waals surface area contributed by atoms with Gasteiger partial charge >= 0.3 is 0 Å². The van der Waals surface area contributed by atoms with E-state index in [1.165, 1.54) is 69.8 Å². The summed E-state index contributed by atoms with van der Waals surface area (Å²) in [7, 11) is 0. The number of benzene rings is 1. The van der Waals surface area contributed by atoms with Gasteiger partial charge in [0.25, 0.3) is 0 Å². The van der Waals surface area contributed by atoms with Crippen molar-refractivity contribution in [2.45, 2.75) is 77.6 Å². The van der Waals surface area contributed by atoms with E-state index in [1.54, 1.807) is 0 Å². The predicted octanol–water partition coefficient (Wildman–Crippen LogP) is 6.49. The molecule has 112 valence electrons. The van der Waals surface area contributed by atoms with Crippen LogP contribution in [0.5, 0.6) is 0 Å². The van der Waals surface area contributed by atoms with Crippen molar-refractivity contribution >= 4 is 11.2 Å². The smallest absolute Gasteiger partial charge is 0.228 e. The summed E-state index contributed by atoms with van der Waals surface area (Å²) >= 11 is 0. The summed E-state index contributed by atoms with van der Waals surface area (Å²) in [6.45, 7) is 2.28. The third-order valence-electron chi connectivity index (χ3n) is 4.07. The van der Waals surface area contributed by atoms with E-state index in [9.17, 15) is 0 Å². The fraction of sp³-hybridized carbons (Fsp3) is 0.667. The van der Waals surface area contributed by atoms with E-state index in [-0.39, 0.29) is 0 Å². The van der Waals surface area contributed by atoms with E-state index >= 15 is 0 Å². The van der Waals surface area contributed by atoms with Crippen LogP contribution < -0.4 is 0 Å². The summed E-state index contributed by atoms with van der Waals surface area (Å²) in [4.78, 5) is 0. The molecule has 0 saturated heterocycles. The lowest BCUT2D eigenvalue weighted by atomic mass is 10.0. The third-order valence-corrected chi connectivity index (χ3v) is 4.07. The van der Waals surface area contributed by atoms with Crippen molar-refractivity contribution in [1.82, 2.24) is 0 Å². The van der Waals surface area contributed by atoms with Gasteiger partial charge < -0.3 is 0 Å². The highest BCUT2D eigenvalue weighted by molar-refractivity contribution is 5.74. The summed E-state index contributed by atoms with van der Waals surface area (Å²) < 4.78 is 9.97. The number of fused-ring (bicyclic) bond motifs is 1. The van der Waals surface area contributed by atoms with Crippen molar-refractivity contribution < 1.29 is 9.15 Å². The van der Waals surface area contributed by atoms with Crippen molar-refractivity contribution in [2.24, 2.45) is 0 Å². The average Bonchev–Trinajstić information content (AvgIpc) is 2.42. The quantitative estimate of drug-likeness (QED) is 0.346. The Labute approximate surface area is 122 Å². The molecule has 0 aliphatic rings. The van der Waals surface area contributed by atoms with Crippen LogP contribution in [0.15, 0.2) is 27.4 Å². The van der Waals surface area contributed by atoms with Crippen molar-refractivity contribution in [3.63, 3.8) is 0 Å². The fourth-order valence-corrected chi connectivity index (χ4v) is 2.77. The molecule has 0 spiro atoms. The molecule has 2 heteroatoms. The molecule has 1 aromatic heterocycles. The number of aryl methyl sites for hydroxylation is 1. The molecule has 1 aromatic carbocycles. The van der Waals surface area contributed by atoms with Gasteiger partial charge in [-0.3, -0.25) is 9.15 Å². The molecule has 2 aromatic rings. The topological polar surface area (TPSA) is 26.3 Å². The molecule has 0 amide bonds. The lowest BCUT2D eigenvalue weighted by molar-refractivity contribution is 0.0580. The second-order valence-corrected chi connectivity index (χ2v) is 5.84. The van der Waals surface area contributed by atoms with Gasteiger partial charge in [0.2, 0.25) is 11.2 Å². The van der Waals surface area contributed by atoms with Gasteiger partial charge in [0.1, 0.15) is 0 Å². The minimum absolute atomic E-state index is 0.898. The van der Waals surface area contributed by atoms with E-state index in [1.807, 2.05) is 12.1 Å². The molecule has 1 heterocycles. The maximum Gasteiger partial charge on any atom is 0.228 e. The molecular weight excluding hydrogens is 248 g/mol. The van der Waals surface area contributed by atoms with Crippen LogP contribution in [-0.4, -0.2) is 0 Å². The summed E-state index contributed by atoms with van der Waals surface area (Å²) in [5.41, 5.74) is 3.16. The molecule has 0 fully saturated rings. The molecule has 0 aliphatic heterocycles. The molecule has 0 radical (unpaired) electrons. The fourth-order valence-electron chi connectivity index (χ4n) is 2.77. The van der Waals surface area contributed by atoms with Crippen LogP contribution >= 0.6 is 0 Å². The molecule has 0 bridgehead atoms. The summed E-state index contributed by atoms with van der Waals surface area (Å²) in [6, 6.07) is 6.16. The van der Waals surface area contributed by atoms with E-state index in [0.717, 1.165) is 17.6 Å². The standard InChI is InChI=1S/C18H28O2/c1-2-3-4-5-6-7-8-9-10-11-13-16-14-12-15-17-18(16)20-19-17/h12,14-15H,2-11,13H2,1H3. The van der Waals surface area contributed by atoms with Crippen LogP contribution in [0, 0.1) is 0 Å². The Morgan fingerprint density at radius 2 is 1.40 bits per heavy atom. The predicted molar refractivity (Wildman–Crippen MR) is 84.0 cm³/mol. The van der Waals surface area contributed by atoms with Gasteiger partial charge in [-0.05, 0) is 18.9 Å². The first-order valence-corrected chi connectivity index (χ1v) is 8.38. The zero-order valence-corrected chi connectivity index (χ0v) is 12.8. The number of unbranched alkanes of at least 4 members (excludes halogenated alkanes) is 9. The zero-order chi connectivity index (χ0) is 14.0. The van der Waals surface area contributed by atoms with Crippen LogP contribution in [0.1, 0.15) is 76.7 Å². The summed E-state index contributed by atoms with van der Waals surface area (Å²) in [5, 5.41) is 0. The van der Waals surface area contributed by atoms with Crippen LogP contribution in [0.3, 0.4) is 0 Å². The van der Waals surface area contributed by atoms with E-state index in [0.29, 0.717) is 0 Å². The molecule has 0 N–H and O–H groups in total. The Balaban J connectivity index is 1.47. The minimum atomic E-state index is 0.898. The number of rotatable bonds is 11. The highest BCUT2D eigenvalue weighted by Gasteiger charge is 2.09. The minimum Gasteiger partial charge on any atom is -0.286 e. The normalized spacial score (nSPS) is 11.4. The van der Waals surface area contributed by atoms with Gasteiger partial charge in [-0.2, -0.15) is 0 Å². The Kier molecular flexibility index (Phi) is 6.76. The summed E-state index contributed by atoms with van der Waals surface area (Å²) in [5.74, 6) is 0. The molecule has 20 heavy (non-hydrogen) atoms. The van der Waals surface area contributed by atoms with Gasteiger partial charge in [-0.15, -0.1) is 0 Å². The second-order valence-electron chi connectivity index (χ2n) is 5.84. The highest BCUT2D eigenvalue weighted by Crippen LogP contribution is 2.24. The largest absolute Gasteiger partial charge is 0.286 e. The number of hydrogen-bond donors (Lipinski definition) is 0. The average molecular weight is 276 g/mol. The second kappa shape index (κ2) is 8.89. The van der Waals surface area contributed by atoms with Gasteiger partial charge in [0.05, 0.1) is 0 Å². The molecule has 0 saturated carbocycles. The first-order chi connectivity index (χ1) is 9.92. The zero-order valence-electron chi connectivity index (χ0n) is 12.8. The monoisotopic (exact) mass is 276 g/mol. The highest BCUT2D eigenvalue weighted by atomic mass is 17.0. The van der Waals surface area contributed by atoms with Crippen molar-refractivity contribution in [1.29, 1.82) is 0 Å². The third kappa shape index (κ3) is 4.73. The van der Waals surface area contributed by atoms with Gasteiger partial charge in [0.15, 0.2) is 0 Å². The first kappa shape index (κ1) is 15.2. The Bertz CT molecular complexity index is 466. The van der Waals surface area contributed by atoms with Gasteiger partial charge in [0, 0.05) is 5.56 Å². The van der Waals surface area contributed by atoms with Crippen LogP contribution in [0.2, 0.25) is 0 Å². The van der Waals surface area contributed by atoms with Crippen molar-refractivity contribution in [3.8, 4) is 0 Å². The molecule has 0 atom stereocenters. The van der Waals surface area contributed by atoms with E-state index < -0.39 is 0 Å². The lowest BCUT2D eigenvalue weighted by Crippen LogP contribution is -1.90. The Morgan fingerprint density at radius 3 is 2.00 bits per heavy atom.